The van der Waals surface area contributed by atoms with Crippen molar-refractivity contribution < 1.29 is 14.3 Å². The summed E-state index contributed by atoms with van der Waals surface area (Å²) in [4.78, 5) is 26.6. The maximum atomic E-state index is 12.8. The molecule has 0 aliphatic carbocycles. The molecule has 0 bridgehead atoms. The van der Waals surface area contributed by atoms with Gasteiger partial charge in [-0.2, -0.15) is 0 Å². The second kappa shape index (κ2) is 6.11. The van der Waals surface area contributed by atoms with E-state index < -0.39 is 5.60 Å². The van der Waals surface area contributed by atoms with E-state index in [-0.39, 0.29) is 23.6 Å². The molecule has 1 saturated heterocycles. The van der Waals surface area contributed by atoms with Crippen LogP contribution in [-0.2, 0) is 5.60 Å². The van der Waals surface area contributed by atoms with E-state index in [0.717, 1.165) is 11.1 Å². The standard InChI is InChI=1S/C21H19NO4/c1-14-6-2-4-8-16(14)21(25)10-11-22(13-21)20(24)19-12-17(23)15-7-3-5-9-18(15)26-19/h2-9,12,25H,10-11,13H2,1H3/t21-/m0/s1. The van der Waals surface area contributed by atoms with Crippen molar-refractivity contribution in [1.29, 1.82) is 0 Å². The molecule has 132 valence electrons. The Kier molecular flexibility index (Phi) is 3.89. The zero-order valence-corrected chi connectivity index (χ0v) is 14.4. The fourth-order valence-electron chi connectivity index (χ4n) is 3.65. The van der Waals surface area contributed by atoms with Crippen molar-refractivity contribution in [2.45, 2.75) is 18.9 Å². The Morgan fingerprint density at radius 3 is 2.69 bits per heavy atom. The largest absolute Gasteiger partial charge is 0.451 e. The van der Waals surface area contributed by atoms with Crippen molar-refractivity contribution in [3.63, 3.8) is 0 Å². The molecule has 0 unspecified atom stereocenters. The highest BCUT2D eigenvalue weighted by Gasteiger charge is 2.41. The molecule has 1 aliphatic rings. The molecule has 4 rings (SSSR count). The number of rotatable bonds is 2. The van der Waals surface area contributed by atoms with Gasteiger partial charge in [0.2, 0.25) is 0 Å². The zero-order valence-electron chi connectivity index (χ0n) is 14.4. The molecule has 3 aromatic rings. The van der Waals surface area contributed by atoms with Crippen molar-refractivity contribution in [2.24, 2.45) is 0 Å². The van der Waals surface area contributed by atoms with E-state index >= 15 is 0 Å². The third kappa shape index (κ3) is 2.70. The lowest BCUT2D eigenvalue weighted by molar-refractivity contribution is 0.0403. The first-order chi connectivity index (χ1) is 12.5. The minimum absolute atomic E-state index is 0.00253. The number of likely N-dealkylation sites (tertiary alicyclic amines) is 1. The molecule has 1 amide bonds. The van der Waals surface area contributed by atoms with Gasteiger partial charge < -0.3 is 14.4 Å². The quantitative estimate of drug-likeness (QED) is 0.772. The summed E-state index contributed by atoms with van der Waals surface area (Å²) in [6.45, 7) is 2.52. The number of para-hydroxylation sites is 1. The first kappa shape index (κ1) is 16.5. The van der Waals surface area contributed by atoms with Gasteiger partial charge in [-0.25, -0.2) is 0 Å². The van der Waals surface area contributed by atoms with Crippen LogP contribution < -0.4 is 5.43 Å². The second-order valence-electron chi connectivity index (χ2n) is 6.79. The van der Waals surface area contributed by atoms with Crippen LogP contribution in [0, 0.1) is 6.92 Å². The smallest absolute Gasteiger partial charge is 0.289 e. The van der Waals surface area contributed by atoms with E-state index in [0.29, 0.717) is 23.9 Å². The summed E-state index contributed by atoms with van der Waals surface area (Å²) in [5, 5.41) is 11.5. The number of nitrogens with zero attached hydrogens (tertiary/aromatic N) is 1. The third-order valence-corrected chi connectivity index (χ3v) is 5.03. The van der Waals surface area contributed by atoms with E-state index in [2.05, 4.69) is 0 Å². The summed E-state index contributed by atoms with van der Waals surface area (Å²) < 4.78 is 5.64. The second-order valence-corrected chi connectivity index (χ2v) is 6.79. The highest BCUT2D eigenvalue weighted by atomic mass is 16.3. The van der Waals surface area contributed by atoms with Crippen molar-refractivity contribution >= 4 is 16.9 Å². The monoisotopic (exact) mass is 349 g/mol. The van der Waals surface area contributed by atoms with Crippen LogP contribution in [0.15, 0.2) is 63.8 Å². The number of carbonyl (C=O) groups excluding carboxylic acids is 1. The molecule has 2 heterocycles. The van der Waals surface area contributed by atoms with Gasteiger partial charge in [0.1, 0.15) is 11.2 Å². The molecule has 1 aromatic heterocycles. The molecule has 5 heteroatoms. The van der Waals surface area contributed by atoms with E-state index in [1.54, 1.807) is 29.2 Å². The first-order valence-corrected chi connectivity index (χ1v) is 8.59. The maximum Gasteiger partial charge on any atom is 0.289 e. The lowest BCUT2D eigenvalue weighted by atomic mass is 9.89. The molecular formula is C21H19NO4. The Bertz CT molecular complexity index is 1060. The van der Waals surface area contributed by atoms with E-state index in [1.807, 2.05) is 31.2 Å². The van der Waals surface area contributed by atoms with Gasteiger partial charge in [-0.15, -0.1) is 0 Å². The molecule has 1 N–H and O–H groups in total. The number of amides is 1. The van der Waals surface area contributed by atoms with Crippen LogP contribution in [0.4, 0.5) is 0 Å². The van der Waals surface area contributed by atoms with Crippen LogP contribution in [0.5, 0.6) is 0 Å². The SMILES string of the molecule is Cc1ccccc1[C@]1(O)CCN(C(=O)c2cc(=O)c3ccccc3o2)C1. The summed E-state index contributed by atoms with van der Waals surface area (Å²) in [6.07, 6.45) is 0.446. The Morgan fingerprint density at radius 1 is 1.15 bits per heavy atom. The Hall–Kier alpha value is -2.92. The lowest BCUT2D eigenvalue weighted by Gasteiger charge is -2.25. The minimum Gasteiger partial charge on any atom is -0.451 e. The van der Waals surface area contributed by atoms with Crippen LogP contribution >= 0.6 is 0 Å². The van der Waals surface area contributed by atoms with Crippen LogP contribution in [0.3, 0.4) is 0 Å². The van der Waals surface area contributed by atoms with Gasteiger partial charge in [0.25, 0.3) is 5.91 Å². The number of fused-ring (bicyclic) bond motifs is 1. The molecule has 0 radical (unpaired) electrons. The molecule has 1 fully saturated rings. The minimum atomic E-state index is -1.09. The Morgan fingerprint density at radius 2 is 1.88 bits per heavy atom. The maximum absolute atomic E-state index is 12.8. The molecule has 5 nitrogen and oxygen atoms in total. The molecule has 0 saturated carbocycles. The van der Waals surface area contributed by atoms with E-state index in [1.165, 1.54) is 6.07 Å². The number of benzene rings is 2. The van der Waals surface area contributed by atoms with E-state index in [4.69, 9.17) is 4.42 Å². The van der Waals surface area contributed by atoms with E-state index in [9.17, 15) is 14.7 Å². The van der Waals surface area contributed by atoms with Crippen LogP contribution in [0.25, 0.3) is 11.0 Å². The molecular weight excluding hydrogens is 330 g/mol. The molecule has 1 aliphatic heterocycles. The number of hydrogen-bond acceptors (Lipinski definition) is 4. The van der Waals surface area contributed by atoms with Gasteiger partial charge in [-0.1, -0.05) is 36.4 Å². The van der Waals surface area contributed by atoms with Gasteiger partial charge in [0, 0.05) is 12.6 Å². The topological polar surface area (TPSA) is 70.8 Å². The van der Waals surface area contributed by atoms with Gasteiger partial charge in [-0.3, -0.25) is 9.59 Å². The lowest BCUT2D eigenvalue weighted by Crippen LogP contribution is -2.35. The number of carbonyl (C=O) groups is 1. The summed E-state index contributed by atoms with van der Waals surface area (Å²) >= 11 is 0. The number of β-amino-alcohol motifs (C(OH)–C–C–N with tert-alkyl or cyclic N) is 1. The molecule has 26 heavy (non-hydrogen) atoms. The summed E-state index contributed by atoms with van der Waals surface area (Å²) in [6, 6.07) is 15.7. The molecule has 2 aromatic carbocycles. The molecule has 1 atom stereocenters. The highest BCUT2D eigenvalue weighted by molar-refractivity contribution is 5.93. The normalized spacial score (nSPS) is 19.8. The van der Waals surface area contributed by atoms with Gasteiger partial charge in [0.05, 0.1) is 11.9 Å². The number of hydrogen-bond donors (Lipinski definition) is 1. The number of aryl methyl sites for hydroxylation is 1. The third-order valence-electron chi connectivity index (χ3n) is 5.03. The fraction of sp³-hybridized carbons (Fsp3) is 0.238. The van der Waals surface area contributed by atoms with Crippen molar-refractivity contribution in [3.8, 4) is 0 Å². The Balaban J connectivity index is 1.64. The predicted octanol–water partition coefficient (Wildman–Crippen LogP) is 2.84. The molecule has 0 spiro atoms. The van der Waals surface area contributed by atoms with Crippen LogP contribution in [0.2, 0.25) is 0 Å². The first-order valence-electron chi connectivity index (χ1n) is 8.59. The van der Waals surface area contributed by atoms with Crippen molar-refractivity contribution in [1.82, 2.24) is 4.90 Å². The summed E-state index contributed by atoms with van der Waals surface area (Å²) in [7, 11) is 0. The summed E-state index contributed by atoms with van der Waals surface area (Å²) in [5.41, 5.74) is 0.870. The average molecular weight is 349 g/mol. The van der Waals surface area contributed by atoms with Crippen molar-refractivity contribution in [2.75, 3.05) is 13.1 Å². The van der Waals surface area contributed by atoms with Crippen molar-refractivity contribution in [3.05, 3.63) is 81.7 Å². The predicted molar refractivity (Wildman–Crippen MR) is 98.1 cm³/mol. The van der Waals surface area contributed by atoms with Gasteiger partial charge in [-0.05, 0) is 36.6 Å². The summed E-state index contributed by atoms with van der Waals surface area (Å²) in [5.74, 6) is -0.375. The van der Waals surface area contributed by atoms with Crippen LogP contribution in [-0.4, -0.2) is 29.0 Å². The fourth-order valence-corrected chi connectivity index (χ4v) is 3.65. The van der Waals surface area contributed by atoms with Gasteiger partial charge >= 0.3 is 0 Å². The Labute approximate surface area is 150 Å². The highest BCUT2D eigenvalue weighted by Crippen LogP contribution is 2.34. The van der Waals surface area contributed by atoms with Gasteiger partial charge in [0.15, 0.2) is 11.2 Å². The zero-order chi connectivity index (χ0) is 18.3. The number of aliphatic hydroxyl groups is 1. The van der Waals surface area contributed by atoms with Crippen LogP contribution in [0.1, 0.15) is 28.1 Å². The average Bonchev–Trinajstić information content (AvgIpc) is 3.04.